The van der Waals surface area contributed by atoms with Crippen LogP contribution in [0.5, 0.6) is 0 Å². The lowest BCUT2D eigenvalue weighted by Gasteiger charge is -2.22. The van der Waals surface area contributed by atoms with Crippen molar-refractivity contribution in [3.63, 3.8) is 0 Å². The molecule has 0 fully saturated rings. The van der Waals surface area contributed by atoms with Gasteiger partial charge in [-0.1, -0.05) is 0 Å². The summed E-state index contributed by atoms with van der Waals surface area (Å²) in [7, 11) is 0. The van der Waals surface area contributed by atoms with Crippen LogP contribution in [0.4, 0.5) is 0 Å². The average molecular weight is 520 g/mol. The molecule has 4 rings (SSSR count). The molecular formula is C36H45N3. The van der Waals surface area contributed by atoms with Crippen molar-refractivity contribution in [2.24, 2.45) is 0 Å². The Morgan fingerprint density at radius 2 is 0.333 bits per heavy atom. The second-order valence-electron chi connectivity index (χ2n) is 11.8. The van der Waals surface area contributed by atoms with Crippen LogP contribution in [-0.2, 0) is 0 Å². The Morgan fingerprint density at radius 3 is 0.487 bits per heavy atom. The minimum Gasteiger partial charge on any atom is -0.208 e. The van der Waals surface area contributed by atoms with Gasteiger partial charge < -0.3 is 0 Å². The van der Waals surface area contributed by atoms with Gasteiger partial charge in [0.2, 0.25) is 0 Å². The molecule has 3 aromatic carbocycles. The molecular weight excluding hydrogens is 474 g/mol. The Balaban J connectivity index is 2.22. The highest BCUT2D eigenvalue weighted by molar-refractivity contribution is 5.78. The van der Waals surface area contributed by atoms with Gasteiger partial charge in [0, 0.05) is 16.7 Å². The third kappa shape index (κ3) is 4.31. The molecule has 1 heterocycles. The third-order valence-electron chi connectivity index (χ3n) is 10.3. The molecule has 0 saturated heterocycles. The van der Waals surface area contributed by atoms with Crippen LogP contribution in [-0.4, -0.2) is 15.0 Å². The fourth-order valence-electron chi connectivity index (χ4n) is 6.22. The molecule has 0 amide bonds. The van der Waals surface area contributed by atoms with E-state index >= 15 is 0 Å². The summed E-state index contributed by atoms with van der Waals surface area (Å²) in [5.74, 6) is 2.29. The molecule has 0 bridgehead atoms. The zero-order valence-electron chi connectivity index (χ0n) is 26.8. The zero-order chi connectivity index (χ0) is 29.2. The first-order chi connectivity index (χ1) is 18.1. The predicted octanol–water partition coefficient (Wildman–Crippen LogP) is 9.50. The summed E-state index contributed by atoms with van der Waals surface area (Å²) >= 11 is 0. The maximum absolute atomic E-state index is 5.27. The van der Waals surface area contributed by atoms with Crippen molar-refractivity contribution in [3.8, 4) is 34.2 Å². The number of rotatable bonds is 3. The Hall–Kier alpha value is -3.33. The lowest BCUT2D eigenvalue weighted by Crippen LogP contribution is -2.09. The van der Waals surface area contributed by atoms with Crippen molar-refractivity contribution in [2.45, 2.75) is 104 Å². The summed E-state index contributed by atoms with van der Waals surface area (Å²) in [5, 5.41) is 0. The van der Waals surface area contributed by atoms with Gasteiger partial charge in [0.25, 0.3) is 0 Å². The van der Waals surface area contributed by atoms with Crippen molar-refractivity contribution in [1.82, 2.24) is 15.0 Å². The highest BCUT2D eigenvalue weighted by Gasteiger charge is 2.24. The van der Waals surface area contributed by atoms with Gasteiger partial charge in [0.15, 0.2) is 17.5 Å². The molecule has 0 N–H and O–H groups in total. The van der Waals surface area contributed by atoms with Crippen molar-refractivity contribution in [3.05, 3.63) is 83.5 Å². The molecule has 0 aliphatic heterocycles. The molecule has 4 aromatic rings. The van der Waals surface area contributed by atoms with E-state index in [1.807, 2.05) is 0 Å². The zero-order valence-corrected chi connectivity index (χ0v) is 26.8. The van der Waals surface area contributed by atoms with Gasteiger partial charge in [-0.05, 0) is 187 Å². The minimum absolute atomic E-state index is 0.764. The summed E-state index contributed by atoms with van der Waals surface area (Å²) in [6, 6.07) is 0. The summed E-state index contributed by atoms with van der Waals surface area (Å²) < 4.78 is 0. The number of hydrogen-bond acceptors (Lipinski definition) is 3. The lowest BCUT2D eigenvalue weighted by molar-refractivity contribution is 1.03. The second-order valence-corrected chi connectivity index (χ2v) is 11.8. The molecule has 0 atom stereocenters. The van der Waals surface area contributed by atoms with E-state index in [1.165, 1.54) is 83.5 Å². The first-order valence-corrected chi connectivity index (χ1v) is 14.1. The molecule has 0 unspecified atom stereocenters. The summed E-state index contributed by atoms with van der Waals surface area (Å²) in [6.45, 7) is 33.2. The highest BCUT2D eigenvalue weighted by Crippen LogP contribution is 2.39. The van der Waals surface area contributed by atoms with E-state index in [4.69, 9.17) is 15.0 Å². The molecule has 204 valence electrons. The summed E-state index contributed by atoms with van der Waals surface area (Å²) in [6.07, 6.45) is 0. The predicted molar refractivity (Wildman–Crippen MR) is 167 cm³/mol. The lowest BCUT2D eigenvalue weighted by atomic mass is 9.87. The van der Waals surface area contributed by atoms with E-state index in [2.05, 4.69) is 104 Å². The largest absolute Gasteiger partial charge is 0.208 e. The maximum atomic E-state index is 5.27. The fraction of sp³-hybridized carbons (Fsp3) is 0.417. The van der Waals surface area contributed by atoms with Crippen LogP contribution < -0.4 is 0 Å². The van der Waals surface area contributed by atoms with Gasteiger partial charge in [0.05, 0.1) is 0 Å². The molecule has 3 heteroatoms. The van der Waals surface area contributed by atoms with Gasteiger partial charge >= 0.3 is 0 Å². The smallest absolute Gasteiger partial charge is 0.164 e. The van der Waals surface area contributed by atoms with E-state index in [-0.39, 0.29) is 0 Å². The van der Waals surface area contributed by atoms with E-state index in [0.717, 1.165) is 34.2 Å². The number of aromatic nitrogens is 3. The van der Waals surface area contributed by atoms with E-state index in [1.54, 1.807) is 0 Å². The minimum atomic E-state index is 0.764. The maximum Gasteiger partial charge on any atom is 0.164 e. The van der Waals surface area contributed by atoms with Crippen LogP contribution in [0.2, 0.25) is 0 Å². The third-order valence-corrected chi connectivity index (χ3v) is 10.3. The Morgan fingerprint density at radius 1 is 0.205 bits per heavy atom. The van der Waals surface area contributed by atoms with Crippen LogP contribution in [0.25, 0.3) is 34.2 Å². The molecule has 0 radical (unpaired) electrons. The van der Waals surface area contributed by atoms with E-state index < -0.39 is 0 Å². The standard InChI is InChI=1S/C36H45N3/c1-16-19(4)25(10)31(26(11)20(16)5)34-37-35(32-27(12)21(6)17(2)22(7)28(32)13)39-36(38-34)33-29(14)23(8)18(3)24(9)30(33)15/h1-15H3. The van der Waals surface area contributed by atoms with Crippen molar-refractivity contribution < 1.29 is 0 Å². The first-order valence-electron chi connectivity index (χ1n) is 14.1. The first kappa shape index (κ1) is 28.7. The molecule has 1 aromatic heterocycles. The quantitative estimate of drug-likeness (QED) is 0.270. The van der Waals surface area contributed by atoms with Crippen LogP contribution in [0.15, 0.2) is 0 Å². The van der Waals surface area contributed by atoms with Crippen LogP contribution >= 0.6 is 0 Å². The van der Waals surface area contributed by atoms with Crippen molar-refractivity contribution in [2.75, 3.05) is 0 Å². The van der Waals surface area contributed by atoms with Crippen molar-refractivity contribution >= 4 is 0 Å². The molecule has 0 aliphatic rings. The fourth-order valence-corrected chi connectivity index (χ4v) is 6.22. The van der Waals surface area contributed by atoms with E-state index in [9.17, 15) is 0 Å². The summed E-state index contributed by atoms with van der Waals surface area (Å²) in [5.41, 5.74) is 22.7. The highest BCUT2D eigenvalue weighted by atomic mass is 15.0. The Kier molecular flexibility index (Phi) is 7.36. The van der Waals surface area contributed by atoms with Crippen LogP contribution in [0.1, 0.15) is 83.5 Å². The monoisotopic (exact) mass is 519 g/mol. The number of benzene rings is 3. The second kappa shape index (κ2) is 10.0. The molecule has 39 heavy (non-hydrogen) atoms. The number of hydrogen-bond donors (Lipinski definition) is 0. The molecule has 0 spiro atoms. The number of nitrogens with zero attached hydrogens (tertiary/aromatic N) is 3. The topological polar surface area (TPSA) is 38.7 Å². The van der Waals surface area contributed by atoms with Gasteiger partial charge in [-0.2, -0.15) is 0 Å². The van der Waals surface area contributed by atoms with Gasteiger partial charge in [0.1, 0.15) is 0 Å². The molecule has 0 aliphatic carbocycles. The summed E-state index contributed by atoms with van der Waals surface area (Å²) in [4.78, 5) is 15.8. The van der Waals surface area contributed by atoms with Gasteiger partial charge in [-0.15, -0.1) is 0 Å². The average Bonchev–Trinajstić information content (AvgIpc) is 2.91. The Labute approximate surface area is 236 Å². The van der Waals surface area contributed by atoms with Crippen LogP contribution in [0, 0.1) is 104 Å². The molecule has 0 saturated carbocycles. The Bertz CT molecular complexity index is 1390. The van der Waals surface area contributed by atoms with E-state index in [0.29, 0.717) is 0 Å². The van der Waals surface area contributed by atoms with Gasteiger partial charge in [-0.3, -0.25) is 0 Å². The molecule has 3 nitrogen and oxygen atoms in total. The van der Waals surface area contributed by atoms with Crippen LogP contribution in [0.3, 0.4) is 0 Å². The SMILES string of the molecule is Cc1c(C)c(C)c(-c2nc(-c3c(C)c(C)c(C)c(C)c3C)nc(-c3c(C)c(C)c(C)c(C)c3C)n2)c(C)c1C. The van der Waals surface area contributed by atoms with Gasteiger partial charge in [-0.25, -0.2) is 15.0 Å². The van der Waals surface area contributed by atoms with Crippen molar-refractivity contribution in [1.29, 1.82) is 0 Å². The normalized spacial score (nSPS) is 11.5.